The van der Waals surface area contributed by atoms with Crippen molar-refractivity contribution in [3.8, 4) is 0 Å². The maximum atomic E-state index is 7.43. The van der Waals surface area contributed by atoms with Crippen LogP contribution in [0.25, 0.3) is 0 Å². The Morgan fingerprint density at radius 3 is 1.55 bits per heavy atom. The van der Waals surface area contributed by atoms with E-state index in [2.05, 4.69) is 48.2 Å². The highest BCUT2D eigenvalue weighted by molar-refractivity contribution is 8.05. The first kappa shape index (κ1) is 24.3. The zero-order valence-electron chi connectivity index (χ0n) is 18.0. The standard InChI is InChI=1S/C19H27N5O3S5Si/c1-25-33(26-2,18-24-7-12-32-18)27-19(16-22-5-10-30-16,17-23-6-11-31-17)13(14-20-3-8-28-14)15-21-4-9-29-15/h3-18,20-24H,1-2H3. The van der Waals surface area contributed by atoms with E-state index in [1.165, 1.54) is 0 Å². The molecule has 0 bridgehead atoms. The van der Waals surface area contributed by atoms with Crippen LogP contribution in [0.2, 0.25) is 0 Å². The lowest BCUT2D eigenvalue weighted by atomic mass is 9.85. The molecule has 0 aliphatic carbocycles. The van der Waals surface area contributed by atoms with E-state index in [-0.39, 0.29) is 32.4 Å². The van der Waals surface area contributed by atoms with Crippen LogP contribution in [0.1, 0.15) is 0 Å². The Kier molecular flexibility index (Phi) is 7.83. The molecule has 0 saturated carbocycles. The summed E-state index contributed by atoms with van der Waals surface area (Å²) in [5.41, 5.74) is -0.737. The fourth-order valence-corrected chi connectivity index (χ4v) is 13.0. The summed E-state index contributed by atoms with van der Waals surface area (Å²) in [6, 6.07) is 0. The van der Waals surface area contributed by atoms with E-state index in [0.717, 1.165) is 0 Å². The molecule has 0 spiro atoms. The molecule has 0 aromatic carbocycles. The Morgan fingerprint density at radius 2 is 1.15 bits per heavy atom. The minimum absolute atomic E-state index is 0.0174. The second kappa shape index (κ2) is 10.7. The van der Waals surface area contributed by atoms with Crippen molar-refractivity contribution >= 4 is 67.6 Å². The minimum atomic E-state index is -3.23. The molecule has 33 heavy (non-hydrogen) atoms. The van der Waals surface area contributed by atoms with Gasteiger partial charge in [0.15, 0.2) is 0 Å². The fourth-order valence-electron chi connectivity index (χ4n) is 4.46. The Morgan fingerprint density at radius 1 is 0.667 bits per heavy atom. The summed E-state index contributed by atoms with van der Waals surface area (Å²) in [5, 5.41) is 28.3. The first-order valence-corrected chi connectivity index (χ1v) is 16.9. The molecule has 0 saturated heterocycles. The van der Waals surface area contributed by atoms with Crippen molar-refractivity contribution in [3.05, 3.63) is 58.0 Å². The van der Waals surface area contributed by atoms with E-state index in [1.54, 1.807) is 73.0 Å². The molecule has 5 aliphatic rings. The van der Waals surface area contributed by atoms with Crippen LogP contribution in [-0.2, 0) is 13.3 Å². The SMILES string of the molecule is CO[Si](OC)(OC(C1NC=CS1)(C1NC=CS1)C(C1NC=CS1)C1NC=CS1)C1NC=CS1. The van der Waals surface area contributed by atoms with Crippen LogP contribution < -0.4 is 26.6 Å². The Labute approximate surface area is 216 Å². The van der Waals surface area contributed by atoms with Crippen molar-refractivity contribution in [2.45, 2.75) is 32.1 Å². The van der Waals surface area contributed by atoms with Gasteiger partial charge in [0.1, 0.15) is 21.3 Å². The predicted molar refractivity (Wildman–Crippen MR) is 145 cm³/mol. The smallest absolute Gasteiger partial charge is 0.378 e. The Balaban J connectivity index is 1.62. The van der Waals surface area contributed by atoms with Gasteiger partial charge in [-0.15, -0.1) is 58.8 Å². The minimum Gasteiger partial charge on any atom is -0.378 e. The number of rotatable bonds is 10. The zero-order chi connectivity index (χ0) is 22.7. The molecule has 5 atom stereocenters. The summed E-state index contributed by atoms with van der Waals surface area (Å²) in [6.45, 7) is 0. The number of hydrogen-bond acceptors (Lipinski definition) is 13. The summed E-state index contributed by atoms with van der Waals surface area (Å²) >= 11 is 8.70. The van der Waals surface area contributed by atoms with Gasteiger partial charge in [0.25, 0.3) is 0 Å². The lowest BCUT2D eigenvalue weighted by molar-refractivity contribution is -0.0683. The molecule has 5 heterocycles. The van der Waals surface area contributed by atoms with Gasteiger partial charge in [-0.25, -0.2) is 0 Å². The van der Waals surface area contributed by atoms with E-state index in [1.807, 2.05) is 36.4 Å². The summed E-state index contributed by atoms with van der Waals surface area (Å²) in [7, 11) is 0.166. The van der Waals surface area contributed by atoms with Crippen LogP contribution in [-0.4, -0.2) is 55.1 Å². The highest BCUT2D eigenvalue weighted by Gasteiger charge is 2.66. The normalized spacial score (nSPS) is 34.5. The van der Waals surface area contributed by atoms with Crippen LogP contribution in [0.4, 0.5) is 0 Å². The van der Waals surface area contributed by atoms with Gasteiger partial charge in [-0.05, 0) is 27.0 Å². The van der Waals surface area contributed by atoms with E-state index < -0.39 is 14.4 Å². The molecular formula is C19H27N5O3S5Si. The van der Waals surface area contributed by atoms with Gasteiger partial charge < -0.3 is 39.9 Å². The highest BCUT2D eigenvalue weighted by Crippen LogP contribution is 2.52. The molecule has 5 unspecified atom stereocenters. The molecule has 5 rings (SSSR count). The summed E-state index contributed by atoms with van der Waals surface area (Å²) in [6.07, 6.45) is 9.99. The molecule has 8 nitrogen and oxygen atoms in total. The van der Waals surface area contributed by atoms with Gasteiger partial charge in [-0.3, -0.25) is 0 Å². The average molecular weight is 562 g/mol. The third-order valence-electron chi connectivity index (χ3n) is 5.90. The maximum absolute atomic E-state index is 7.43. The van der Waals surface area contributed by atoms with Crippen molar-refractivity contribution in [2.75, 3.05) is 14.2 Å². The number of thioether (sulfide) groups is 5. The van der Waals surface area contributed by atoms with Gasteiger partial charge in [0, 0.05) is 45.2 Å². The van der Waals surface area contributed by atoms with Gasteiger partial charge >= 0.3 is 8.80 Å². The van der Waals surface area contributed by atoms with Crippen molar-refractivity contribution in [2.24, 2.45) is 5.92 Å². The summed E-state index contributed by atoms with van der Waals surface area (Å²) < 4.78 is 19.8. The van der Waals surface area contributed by atoms with E-state index in [4.69, 9.17) is 13.3 Å². The summed E-state index contributed by atoms with van der Waals surface area (Å²) in [4.78, 5) is -0.129. The van der Waals surface area contributed by atoms with Gasteiger partial charge in [0.05, 0.1) is 16.7 Å². The second-order valence-corrected chi connectivity index (χ2v) is 15.9. The molecule has 0 amide bonds. The lowest BCUT2D eigenvalue weighted by Crippen LogP contribution is -2.74. The molecular weight excluding hydrogens is 535 g/mol. The maximum Gasteiger partial charge on any atom is 0.535 e. The lowest BCUT2D eigenvalue weighted by Gasteiger charge is -2.54. The van der Waals surface area contributed by atoms with Gasteiger partial charge in [-0.1, -0.05) is 0 Å². The van der Waals surface area contributed by atoms with Crippen LogP contribution in [0, 0.1) is 5.92 Å². The molecule has 0 fully saturated rings. The zero-order valence-corrected chi connectivity index (χ0v) is 23.1. The van der Waals surface area contributed by atoms with Crippen LogP contribution in [0.3, 0.4) is 0 Å². The highest BCUT2D eigenvalue weighted by atomic mass is 32.2. The molecule has 5 aliphatic heterocycles. The van der Waals surface area contributed by atoms with E-state index in [0.29, 0.717) is 0 Å². The van der Waals surface area contributed by atoms with Crippen molar-refractivity contribution < 1.29 is 13.3 Å². The van der Waals surface area contributed by atoms with Crippen LogP contribution >= 0.6 is 58.8 Å². The summed E-state index contributed by atoms with van der Waals surface area (Å²) in [5.74, 6) is 0.0174. The Hall–Kier alpha value is -0.453. The monoisotopic (exact) mass is 561 g/mol. The van der Waals surface area contributed by atoms with E-state index in [9.17, 15) is 0 Å². The molecule has 0 aromatic rings. The van der Waals surface area contributed by atoms with Crippen LogP contribution in [0.15, 0.2) is 58.0 Å². The van der Waals surface area contributed by atoms with Crippen LogP contribution in [0.5, 0.6) is 0 Å². The molecule has 14 heteroatoms. The molecule has 180 valence electrons. The molecule has 0 aromatic heterocycles. The van der Waals surface area contributed by atoms with Crippen molar-refractivity contribution in [1.82, 2.24) is 26.6 Å². The van der Waals surface area contributed by atoms with E-state index >= 15 is 0 Å². The fraction of sp³-hybridized carbons (Fsp3) is 0.474. The molecule has 0 radical (unpaired) electrons. The predicted octanol–water partition coefficient (Wildman–Crippen LogP) is 2.80. The van der Waals surface area contributed by atoms with Gasteiger partial charge in [-0.2, -0.15) is 0 Å². The number of nitrogens with one attached hydrogen (secondary N) is 5. The first-order chi connectivity index (χ1) is 16.2. The first-order valence-electron chi connectivity index (χ1n) is 10.4. The molecule has 5 N–H and O–H groups in total. The second-order valence-electron chi connectivity index (χ2n) is 7.50. The largest absolute Gasteiger partial charge is 0.535 e. The third-order valence-corrected chi connectivity index (χ3v) is 14.6. The quantitative estimate of drug-likeness (QED) is 0.254. The topological polar surface area (TPSA) is 87.8 Å². The number of hydrogen-bond donors (Lipinski definition) is 5. The van der Waals surface area contributed by atoms with Crippen molar-refractivity contribution in [3.63, 3.8) is 0 Å². The average Bonchev–Trinajstić information content (AvgIpc) is 3.66. The Bertz CT molecular complexity index is 774. The van der Waals surface area contributed by atoms with Crippen molar-refractivity contribution in [1.29, 1.82) is 0 Å². The van der Waals surface area contributed by atoms with Gasteiger partial charge in [0.2, 0.25) is 0 Å². The third kappa shape index (κ3) is 4.46.